The van der Waals surface area contributed by atoms with Crippen LogP contribution in [0.25, 0.3) is 21.8 Å². The second kappa shape index (κ2) is 6.71. The third kappa shape index (κ3) is 2.56. The van der Waals surface area contributed by atoms with E-state index in [1.807, 2.05) is 6.07 Å². The maximum Gasteiger partial charge on any atom is 0.292 e. The first-order valence-corrected chi connectivity index (χ1v) is 10.9. The highest BCUT2D eigenvalue weighted by atomic mass is 16.6. The number of nitrogens with one attached hydrogen (secondary N) is 1. The summed E-state index contributed by atoms with van der Waals surface area (Å²) in [7, 11) is 0. The minimum atomic E-state index is -0.278. The van der Waals surface area contributed by atoms with E-state index in [4.69, 9.17) is 0 Å². The number of nitrogens with zero attached hydrogens (tertiary/aromatic N) is 2. The number of aryl methyl sites for hydroxylation is 1. The van der Waals surface area contributed by atoms with Gasteiger partial charge in [0.25, 0.3) is 5.69 Å². The summed E-state index contributed by atoms with van der Waals surface area (Å²) >= 11 is 0. The molecule has 0 radical (unpaired) electrons. The lowest BCUT2D eigenvalue weighted by molar-refractivity contribution is -0.384. The van der Waals surface area contributed by atoms with Crippen LogP contribution in [0.3, 0.4) is 0 Å². The molecule has 3 aromatic carbocycles. The summed E-state index contributed by atoms with van der Waals surface area (Å²) < 4.78 is 2.35. The Morgan fingerprint density at radius 3 is 2.74 bits per heavy atom. The van der Waals surface area contributed by atoms with Crippen LogP contribution in [0.4, 0.5) is 11.4 Å². The van der Waals surface area contributed by atoms with Crippen LogP contribution in [-0.4, -0.2) is 9.49 Å². The van der Waals surface area contributed by atoms with E-state index < -0.39 is 0 Å². The molecule has 1 aromatic heterocycles. The van der Waals surface area contributed by atoms with Crippen molar-refractivity contribution in [1.82, 2.24) is 4.57 Å². The minimum Gasteiger partial charge on any atom is -0.372 e. The third-order valence-corrected chi connectivity index (χ3v) is 7.04. The van der Waals surface area contributed by atoms with Crippen LogP contribution in [0.2, 0.25) is 0 Å². The van der Waals surface area contributed by atoms with Gasteiger partial charge in [-0.25, -0.2) is 0 Å². The molecule has 2 heterocycles. The van der Waals surface area contributed by atoms with E-state index in [1.54, 1.807) is 12.1 Å². The number of fused-ring (bicyclic) bond motifs is 6. The van der Waals surface area contributed by atoms with Crippen molar-refractivity contribution in [2.24, 2.45) is 5.92 Å². The largest absolute Gasteiger partial charge is 0.372 e. The molecule has 5 nitrogen and oxygen atoms in total. The molecule has 6 rings (SSSR count). The van der Waals surface area contributed by atoms with Crippen LogP contribution in [-0.2, 0) is 6.54 Å². The fourth-order valence-corrected chi connectivity index (χ4v) is 5.69. The van der Waals surface area contributed by atoms with E-state index in [0.29, 0.717) is 11.6 Å². The topological polar surface area (TPSA) is 60.1 Å². The van der Waals surface area contributed by atoms with Gasteiger partial charge in [-0.15, -0.1) is 0 Å². The van der Waals surface area contributed by atoms with E-state index in [-0.39, 0.29) is 22.6 Å². The van der Waals surface area contributed by atoms with Crippen LogP contribution in [0, 0.1) is 16.0 Å². The van der Waals surface area contributed by atoms with E-state index >= 15 is 0 Å². The lowest BCUT2D eigenvalue weighted by Crippen LogP contribution is -2.29. The fraction of sp³-hybridized carbons (Fsp3) is 0.231. The predicted molar refractivity (Wildman–Crippen MR) is 125 cm³/mol. The summed E-state index contributed by atoms with van der Waals surface area (Å²) in [6, 6.07) is 20.7. The molecule has 0 spiro atoms. The zero-order valence-corrected chi connectivity index (χ0v) is 17.3. The average Bonchev–Trinajstić information content (AvgIpc) is 3.41. The maximum absolute atomic E-state index is 11.7. The normalized spacial score (nSPS) is 21.8. The molecule has 1 N–H and O–H groups in total. The van der Waals surface area contributed by atoms with Crippen molar-refractivity contribution in [2.45, 2.75) is 31.8 Å². The van der Waals surface area contributed by atoms with Crippen molar-refractivity contribution < 1.29 is 4.92 Å². The van der Waals surface area contributed by atoms with Crippen LogP contribution < -0.4 is 5.32 Å². The van der Waals surface area contributed by atoms with Gasteiger partial charge in [0.2, 0.25) is 0 Å². The van der Waals surface area contributed by atoms with E-state index in [2.05, 4.69) is 71.4 Å². The van der Waals surface area contributed by atoms with E-state index in [9.17, 15) is 10.1 Å². The molecule has 31 heavy (non-hydrogen) atoms. The van der Waals surface area contributed by atoms with Gasteiger partial charge in [0.15, 0.2) is 0 Å². The molecular formula is C26H23N3O2. The molecule has 3 unspecified atom stereocenters. The lowest BCUT2D eigenvalue weighted by atomic mass is 9.76. The second-order valence-corrected chi connectivity index (χ2v) is 8.51. The van der Waals surface area contributed by atoms with Gasteiger partial charge in [0.05, 0.1) is 11.0 Å². The van der Waals surface area contributed by atoms with Gasteiger partial charge < -0.3 is 9.88 Å². The van der Waals surface area contributed by atoms with Crippen molar-refractivity contribution in [3.63, 3.8) is 0 Å². The molecular weight excluding hydrogens is 386 g/mol. The Morgan fingerprint density at radius 1 is 1.06 bits per heavy atom. The molecule has 0 amide bonds. The molecule has 0 bridgehead atoms. The predicted octanol–water partition coefficient (Wildman–Crippen LogP) is 6.55. The molecule has 4 aromatic rings. The Labute approximate surface area is 180 Å². The first-order chi connectivity index (χ1) is 15.2. The van der Waals surface area contributed by atoms with Gasteiger partial charge in [-0.2, -0.15) is 0 Å². The zero-order chi connectivity index (χ0) is 21.1. The summed E-state index contributed by atoms with van der Waals surface area (Å²) in [5.41, 5.74) is 5.53. The Balaban J connectivity index is 1.53. The summed E-state index contributed by atoms with van der Waals surface area (Å²) in [5.74, 6) is 0.556. The van der Waals surface area contributed by atoms with Gasteiger partial charge in [-0.3, -0.25) is 10.1 Å². The fourth-order valence-electron chi connectivity index (χ4n) is 5.69. The van der Waals surface area contributed by atoms with Crippen LogP contribution in [0.15, 0.2) is 72.8 Å². The van der Waals surface area contributed by atoms with Crippen LogP contribution in [0.1, 0.15) is 36.4 Å². The second-order valence-electron chi connectivity index (χ2n) is 8.51. The average molecular weight is 409 g/mol. The number of anilines is 1. The van der Waals surface area contributed by atoms with Crippen molar-refractivity contribution in [3.8, 4) is 0 Å². The Morgan fingerprint density at radius 2 is 1.90 bits per heavy atom. The van der Waals surface area contributed by atoms with Gasteiger partial charge in [0.1, 0.15) is 5.69 Å². The number of benzene rings is 3. The lowest BCUT2D eigenvalue weighted by Gasteiger charge is -2.37. The standard InChI is InChI=1S/C26H23N3O2/c1-2-28-22-11-4-3-7-18(22)21-15-16(13-14-23(21)28)25-19-9-5-8-17(19)20-10-6-12-24(29(30)31)26(20)27-25/h3-8,10-15,17,19,25,27H,2,9H2,1H3. The van der Waals surface area contributed by atoms with Crippen LogP contribution in [0.5, 0.6) is 0 Å². The Hall–Kier alpha value is -3.60. The Kier molecular flexibility index (Phi) is 3.93. The summed E-state index contributed by atoms with van der Waals surface area (Å²) in [6.45, 7) is 3.09. The van der Waals surface area contributed by atoms with Gasteiger partial charge >= 0.3 is 0 Å². The van der Waals surface area contributed by atoms with Crippen LogP contribution >= 0.6 is 0 Å². The molecule has 2 aliphatic rings. The van der Waals surface area contributed by atoms with E-state index in [1.165, 1.54) is 27.4 Å². The SMILES string of the molecule is CCn1c2ccccc2c2cc(C3Nc4c(cccc4[N+](=O)[O-])C4C=CCC43)ccc21. The first-order valence-electron chi connectivity index (χ1n) is 10.9. The van der Waals surface area contributed by atoms with Crippen molar-refractivity contribution in [3.05, 3.63) is 94.1 Å². The number of allylic oxidation sites excluding steroid dienone is 2. The highest BCUT2D eigenvalue weighted by Crippen LogP contribution is 2.52. The van der Waals surface area contributed by atoms with Crippen molar-refractivity contribution in [1.29, 1.82) is 0 Å². The van der Waals surface area contributed by atoms with E-state index in [0.717, 1.165) is 18.5 Å². The van der Waals surface area contributed by atoms with Gasteiger partial charge in [0, 0.05) is 40.3 Å². The number of hydrogen-bond donors (Lipinski definition) is 1. The number of rotatable bonds is 3. The number of aromatic nitrogens is 1. The molecule has 0 fully saturated rings. The number of nitro benzene ring substituents is 1. The molecule has 5 heteroatoms. The quantitative estimate of drug-likeness (QED) is 0.237. The van der Waals surface area contributed by atoms with Crippen molar-refractivity contribution >= 4 is 33.2 Å². The minimum absolute atomic E-state index is 0.0294. The van der Waals surface area contributed by atoms with Gasteiger partial charge in [-0.1, -0.05) is 48.6 Å². The molecule has 3 atom stereocenters. The summed E-state index contributed by atoms with van der Waals surface area (Å²) in [4.78, 5) is 11.4. The number of para-hydroxylation sites is 2. The monoisotopic (exact) mass is 409 g/mol. The molecule has 0 saturated carbocycles. The highest BCUT2D eigenvalue weighted by molar-refractivity contribution is 6.08. The first kappa shape index (κ1) is 18.2. The summed E-state index contributed by atoms with van der Waals surface area (Å²) in [6.07, 6.45) is 5.42. The zero-order valence-electron chi connectivity index (χ0n) is 17.3. The summed E-state index contributed by atoms with van der Waals surface area (Å²) in [5, 5.41) is 17.8. The maximum atomic E-state index is 11.7. The molecule has 154 valence electrons. The van der Waals surface area contributed by atoms with Gasteiger partial charge in [-0.05, 0) is 48.6 Å². The molecule has 0 saturated heterocycles. The third-order valence-electron chi connectivity index (χ3n) is 7.04. The Bertz CT molecular complexity index is 1380. The smallest absolute Gasteiger partial charge is 0.292 e. The molecule has 1 aliphatic carbocycles. The highest BCUT2D eigenvalue weighted by Gasteiger charge is 2.40. The number of nitro groups is 1. The van der Waals surface area contributed by atoms with Crippen molar-refractivity contribution in [2.75, 3.05) is 5.32 Å². The number of hydrogen-bond acceptors (Lipinski definition) is 3. The molecule has 1 aliphatic heterocycles.